The van der Waals surface area contributed by atoms with Crippen molar-refractivity contribution in [1.82, 2.24) is 4.90 Å². The van der Waals surface area contributed by atoms with Crippen LogP contribution in [-0.4, -0.2) is 55.1 Å². The van der Waals surface area contributed by atoms with Crippen LogP contribution in [0.5, 0.6) is 11.5 Å². The minimum absolute atomic E-state index is 0.0493. The average Bonchev–Trinajstić information content (AvgIpc) is 2.97. The number of urea groups is 1. The second-order valence-corrected chi connectivity index (χ2v) is 10.1. The van der Waals surface area contributed by atoms with Crippen molar-refractivity contribution in [1.29, 1.82) is 0 Å². The zero-order valence-electron chi connectivity index (χ0n) is 24.9. The summed E-state index contributed by atoms with van der Waals surface area (Å²) in [5, 5.41) is 13.6. The highest BCUT2D eigenvalue weighted by atomic mass is 35.5. The predicted molar refractivity (Wildman–Crippen MR) is 160 cm³/mol. The molecule has 0 heterocycles. The maximum Gasteiger partial charge on any atom is 0.416 e. The number of anilines is 1. The standard InChI is InChI=1S/C18H13ClF3NO7.C12H18N2O/c1-2-28-16(24)9-29-17(25)12-8-11(4-5-14(12)23(26)27)30-15-6-3-10(7-13(15)19)18(20,21)22;1-9(2)10-5-7-11(8-6-10)13-12(15)14(3)4/h3-8H,2,9H2,1H3;5-9H,1-4H3,(H,13,15). The van der Waals surface area contributed by atoms with Crippen LogP contribution in [0.4, 0.5) is 29.3 Å². The van der Waals surface area contributed by atoms with E-state index in [1.54, 1.807) is 14.1 Å². The first-order valence-corrected chi connectivity index (χ1v) is 13.6. The van der Waals surface area contributed by atoms with Crippen LogP contribution in [0.2, 0.25) is 5.02 Å². The topological polar surface area (TPSA) is 137 Å². The molecule has 0 fully saturated rings. The van der Waals surface area contributed by atoms with Crippen molar-refractivity contribution in [2.24, 2.45) is 0 Å². The van der Waals surface area contributed by atoms with Crippen molar-refractivity contribution in [2.45, 2.75) is 32.9 Å². The van der Waals surface area contributed by atoms with Gasteiger partial charge in [-0.1, -0.05) is 37.6 Å². The normalized spacial score (nSPS) is 10.7. The molecule has 0 radical (unpaired) electrons. The maximum atomic E-state index is 12.7. The molecule has 3 aromatic rings. The number of alkyl halides is 3. The molecule has 0 saturated carbocycles. The molecule has 2 amide bonds. The summed E-state index contributed by atoms with van der Waals surface area (Å²) in [6.45, 7) is 5.12. The van der Waals surface area contributed by atoms with Gasteiger partial charge in [0, 0.05) is 31.9 Å². The number of nitrogens with one attached hydrogen (secondary N) is 1. The fourth-order valence-electron chi connectivity index (χ4n) is 3.38. The molecule has 0 saturated heterocycles. The fourth-order valence-corrected chi connectivity index (χ4v) is 3.60. The first-order chi connectivity index (χ1) is 21.0. The van der Waals surface area contributed by atoms with Crippen molar-refractivity contribution >= 4 is 40.9 Å². The molecule has 11 nitrogen and oxygen atoms in total. The molecule has 0 spiro atoms. The number of halogens is 4. The van der Waals surface area contributed by atoms with Crippen LogP contribution in [0, 0.1) is 10.1 Å². The molecule has 3 aromatic carbocycles. The highest BCUT2D eigenvalue weighted by Gasteiger charge is 2.31. The van der Waals surface area contributed by atoms with Gasteiger partial charge in [-0.25, -0.2) is 14.4 Å². The van der Waals surface area contributed by atoms with Crippen LogP contribution in [0.15, 0.2) is 60.7 Å². The van der Waals surface area contributed by atoms with Crippen LogP contribution in [0.25, 0.3) is 0 Å². The summed E-state index contributed by atoms with van der Waals surface area (Å²) in [5.41, 5.74) is -0.0534. The monoisotopic (exact) mass is 653 g/mol. The lowest BCUT2D eigenvalue weighted by Crippen LogP contribution is -2.27. The number of nitro groups is 1. The number of esters is 2. The molecule has 1 N–H and O–H groups in total. The van der Waals surface area contributed by atoms with E-state index in [0.717, 1.165) is 36.0 Å². The molecule has 0 aliphatic carbocycles. The van der Waals surface area contributed by atoms with E-state index in [1.165, 1.54) is 17.4 Å². The first kappa shape index (κ1) is 36.3. The van der Waals surface area contributed by atoms with Crippen molar-refractivity contribution in [2.75, 3.05) is 32.6 Å². The summed E-state index contributed by atoms with van der Waals surface area (Å²) in [5.74, 6) is -1.84. The van der Waals surface area contributed by atoms with Gasteiger partial charge in [0.25, 0.3) is 5.69 Å². The number of amides is 2. The predicted octanol–water partition coefficient (Wildman–Crippen LogP) is 7.68. The van der Waals surface area contributed by atoms with E-state index < -0.39 is 46.5 Å². The summed E-state index contributed by atoms with van der Waals surface area (Å²) in [6, 6.07) is 13.2. The molecule has 0 aliphatic rings. The molecule has 242 valence electrons. The Balaban J connectivity index is 0.000000394. The quantitative estimate of drug-likeness (QED) is 0.141. The van der Waals surface area contributed by atoms with Crippen molar-refractivity contribution < 1.29 is 46.7 Å². The summed E-state index contributed by atoms with van der Waals surface area (Å²) in [7, 11) is 3.44. The Morgan fingerprint density at radius 2 is 1.64 bits per heavy atom. The minimum atomic E-state index is -4.61. The molecule has 0 aliphatic heterocycles. The highest BCUT2D eigenvalue weighted by Crippen LogP contribution is 2.37. The average molecular weight is 654 g/mol. The molecule has 3 rings (SSSR count). The van der Waals surface area contributed by atoms with E-state index in [1.807, 2.05) is 24.3 Å². The zero-order valence-corrected chi connectivity index (χ0v) is 25.7. The van der Waals surface area contributed by atoms with Gasteiger partial charge in [0.1, 0.15) is 17.1 Å². The number of carbonyl (C=O) groups excluding carboxylic acids is 3. The second-order valence-electron chi connectivity index (χ2n) is 9.66. The van der Waals surface area contributed by atoms with Crippen molar-refractivity contribution in [3.05, 3.63) is 92.5 Å². The summed E-state index contributed by atoms with van der Waals surface area (Å²) < 4.78 is 52.8. The third kappa shape index (κ3) is 11.3. The van der Waals surface area contributed by atoms with Crippen LogP contribution in [0.1, 0.15) is 48.2 Å². The smallest absolute Gasteiger partial charge is 0.416 e. The van der Waals surface area contributed by atoms with Gasteiger partial charge in [0.15, 0.2) is 6.61 Å². The lowest BCUT2D eigenvalue weighted by molar-refractivity contribution is -0.385. The number of nitrogens with zero attached hydrogens (tertiary/aromatic N) is 2. The van der Waals surface area contributed by atoms with Gasteiger partial charge >= 0.3 is 24.1 Å². The van der Waals surface area contributed by atoms with E-state index in [4.69, 9.17) is 21.1 Å². The second kappa shape index (κ2) is 16.3. The first-order valence-electron chi connectivity index (χ1n) is 13.3. The Morgan fingerprint density at radius 1 is 1.00 bits per heavy atom. The molecule has 45 heavy (non-hydrogen) atoms. The highest BCUT2D eigenvalue weighted by molar-refractivity contribution is 6.32. The van der Waals surface area contributed by atoms with E-state index in [9.17, 15) is 37.7 Å². The Kier molecular flexibility index (Phi) is 13.2. The molecule has 0 atom stereocenters. The lowest BCUT2D eigenvalue weighted by atomic mass is 10.0. The lowest BCUT2D eigenvalue weighted by Gasteiger charge is -2.12. The SMILES string of the molecule is CC(C)c1ccc(NC(=O)N(C)C)cc1.CCOC(=O)COC(=O)c1cc(Oc2ccc(C(F)(F)F)cc2Cl)ccc1[N+](=O)[O-]. The third-order valence-electron chi connectivity index (χ3n) is 5.73. The Morgan fingerprint density at radius 3 is 2.16 bits per heavy atom. The number of rotatable bonds is 9. The third-order valence-corrected chi connectivity index (χ3v) is 6.03. The van der Waals surface area contributed by atoms with Gasteiger partial charge in [-0.15, -0.1) is 0 Å². The zero-order chi connectivity index (χ0) is 33.9. The molecule has 0 bridgehead atoms. The molecule has 0 aromatic heterocycles. The van der Waals surface area contributed by atoms with Crippen LogP contribution in [0.3, 0.4) is 0 Å². The van der Waals surface area contributed by atoms with Crippen molar-refractivity contribution in [3.8, 4) is 11.5 Å². The van der Waals surface area contributed by atoms with Crippen LogP contribution < -0.4 is 10.1 Å². The van der Waals surface area contributed by atoms with E-state index >= 15 is 0 Å². The van der Waals surface area contributed by atoms with Gasteiger partial charge in [0.05, 0.1) is 22.1 Å². The van der Waals surface area contributed by atoms with Gasteiger partial charge < -0.3 is 24.4 Å². The molecule has 0 unspecified atom stereocenters. The summed E-state index contributed by atoms with van der Waals surface area (Å²) >= 11 is 5.81. The largest absolute Gasteiger partial charge is 0.463 e. The van der Waals surface area contributed by atoms with E-state index in [0.29, 0.717) is 12.0 Å². The minimum Gasteiger partial charge on any atom is -0.463 e. The number of hydrogen-bond acceptors (Lipinski definition) is 8. The Hall–Kier alpha value is -4.85. The Bertz CT molecular complexity index is 1510. The summed E-state index contributed by atoms with van der Waals surface area (Å²) in [4.78, 5) is 46.6. The van der Waals surface area contributed by atoms with Crippen LogP contribution >= 0.6 is 11.6 Å². The van der Waals surface area contributed by atoms with Gasteiger partial charge in [-0.05, 0) is 54.8 Å². The van der Waals surface area contributed by atoms with Gasteiger partial charge in [0.2, 0.25) is 0 Å². The van der Waals surface area contributed by atoms with Gasteiger partial charge in [-0.3, -0.25) is 10.1 Å². The van der Waals surface area contributed by atoms with Crippen molar-refractivity contribution in [3.63, 3.8) is 0 Å². The van der Waals surface area contributed by atoms with E-state index in [2.05, 4.69) is 23.9 Å². The number of carbonyl (C=O) groups is 3. The fraction of sp³-hybridized carbons (Fsp3) is 0.300. The Labute approximate surface area is 262 Å². The number of hydrogen-bond donors (Lipinski definition) is 1. The molecular weight excluding hydrogens is 623 g/mol. The van der Waals surface area contributed by atoms with Crippen LogP contribution in [-0.2, 0) is 20.4 Å². The summed E-state index contributed by atoms with van der Waals surface area (Å²) in [6.07, 6.45) is -4.61. The number of ether oxygens (including phenoxy) is 3. The molecular formula is C30H31ClF3N3O8. The molecule has 15 heteroatoms. The maximum absolute atomic E-state index is 12.7. The number of nitro benzene ring substituents is 1. The van der Waals surface area contributed by atoms with E-state index in [-0.39, 0.29) is 29.2 Å². The van der Waals surface area contributed by atoms with Gasteiger partial charge in [-0.2, -0.15) is 13.2 Å². The number of benzene rings is 3.